The van der Waals surface area contributed by atoms with Crippen molar-refractivity contribution in [1.29, 1.82) is 0 Å². The summed E-state index contributed by atoms with van der Waals surface area (Å²) >= 11 is 0. The van der Waals surface area contributed by atoms with Crippen LogP contribution in [-0.4, -0.2) is 28.0 Å². The van der Waals surface area contributed by atoms with Crippen molar-refractivity contribution in [3.63, 3.8) is 0 Å². The second kappa shape index (κ2) is 4.91. The molecule has 0 fully saturated rings. The first-order valence-corrected chi connectivity index (χ1v) is 5.49. The average molecular weight is 246 g/mol. The average Bonchev–Trinajstić information content (AvgIpc) is 2.70. The van der Waals surface area contributed by atoms with Crippen molar-refractivity contribution >= 4 is 5.97 Å². The van der Waals surface area contributed by atoms with Gasteiger partial charge in [-0.05, 0) is 12.1 Å². The number of carboxylic acid groups (broad SMARTS) is 1. The van der Waals surface area contributed by atoms with E-state index in [0.717, 1.165) is 17.0 Å². The Hall–Kier alpha value is -2.30. The van der Waals surface area contributed by atoms with Gasteiger partial charge in [0.25, 0.3) is 0 Å². The summed E-state index contributed by atoms with van der Waals surface area (Å²) < 4.78 is 6.84. The number of aryl methyl sites for hydroxylation is 1. The Morgan fingerprint density at radius 3 is 2.94 bits per heavy atom. The number of hydrogen-bond acceptors (Lipinski definition) is 3. The van der Waals surface area contributed by atoms with Crippen LogP contribution >= 0.6 is 0 Å². The third-order valence-electron chi connectivity index (χ3n) is 2.70. The van der Waals surface area contributed by atoms with Gasteiger partial charge in [-0.25, -0.2) is 0 Å². The number of aliphatic carboxylic acids is 1. The summed E-state index contributed by atoms with van der Waals surface area (Å²) in [6.45, 7) is 0. The lowest BCUT2D eigenvalue weighted by molar-refractivity contribution is -0.136. The molecular weight excluding hydrogens is 232 g/mol. The van der Waals surface area contributed by atoms with E-state index < -0.39 is 5.97 Å². The fourth-order valence-electron chi connectivity index (χ4n) is 1.92. The van der Waals surface area contributed by atoms with E-state index in [1.54, 1.807) is 25.0 Å². The predicted molar refractivity (Wildman–Crippen MR) is 66.5 cm³/mol. The minimum absolute atomic E-state index is 0.0413. The SMILES string of the molecule is COc1cccc(-c2c(CC(=O)O)cnn2C)c1. The Morgan fingerprint density at radius 1 is 1.50 bits per heavy atom. The number of carbonyl (C=O) groups is 1. The highest BCUT2D eigenvalue weighted by atomic mass is 16.5. The van der Waals surface area contributed by atoms with Crippen molar-refractivity contribution in [2.75, 3.05) is 7.11 Å². The van der Waals surface area contributed by atoms with Gasteiger partial charge >= 0.3 is 5.97 Å². The second-order valence-corrected chi connectivity index (χ2v) is 3.94. The normalized spacial score (nSPS) is 10.3. The lowest BCUT2D eigenvalue weighted by atomic mass is 10.1. The van der Waals surface area contributed by atoms with Crippen LogP contribution in [0.2, 0.25) is 0 Å². The molecule has 0 unspecified atom stereocenters. The highest BCUT2D eigenvalue weighted by Gasteiger charge is 2.14. The van der Waals surface area contributed by atoms with Crippen LogP contribution in [0, 0.1) is 0 Å². The standard InChI is InChI=1S/C13H14N2O3/c1-15-13(10(8-14-15)7-12(16)17)9-4-3-5-11(6-9)18-2/h3-6,8H,7H2,1-2H3,(H,16,17). The van der Waals surface area contributed by atoms with Crippen molar-refractivity contribution in [1.82, 2.24) is 9.78 Å². The summed E-state index contributed by atoms with van der Waals surface area (Å²) in [7, 11) is 3.39. The first kappa shape index (κ1) is 12.2. The molecule has 1 N–H and O–H groups in total. The zero-order valence-electron chi connectivity index (χ0n) is 10.3. The molecule has 1 aromatic heterocycles. The van der Waals surface area contributed by atoms with Crippen LogP contribution in [0.5, 0.6) is 5.75 Å². The molecule has 18 heavy (non-hydrogen) atoms. The maximum absolute atomic E-state index is 10.8. The molecule has 0 saturated carbocycles. The first-order chi connectivity index (χ1) is 8.61. The monoisotopic (exact) mass is 246 g/mol. The molecule has 2 rings (SSSR count). The van der Waals surface area contributed by atoms with Crippen LogP contribution < -0.4 is 4.74 Å². The van der Waals surface area contributed by atoms with Crippen molar-refractivity contribution < 1.29 is 14.6 Å². The zero-order chi connectivity index (χ0) is 13.1. The Balaban J connectivity index is 2.48. The molecule has 2 aromatic rings. The minimum atomic E-state index is -0.868. The van der Waals surface area contributed by atoms with Crippen LogP contribution in [0.4, 0.5) is 0 Å². The second-order valence-electron chi connectivity index (χ2n) is 3.94. The molecule has 0 aliphatic rings. The van der Waals surface area contributed by atoms with Crippen molar-refractivity contribution in [3.8, 4) is 17.0 Å². The third-order valence-corrected chi connectivity index (χ3v) is 2.70. The molecule has 1 heterocycles. The smallest absolute Gasteiger partial charge is 0.307 e. The number of aromatic nitrogens is 2. The van der Waals surface area contributed by atoms with Gasteiger partial charge in [0, 0.05) is 18.2 Å². The molecule has 1 aromatic carbocycles. The molecule has 0 spiro atoms. The van der Waals surface area contributed by atoms with Gasteiger partial charge in [-0.3, -0.25) is 9.48 Å². The van der Waals surface area contributed by atoms with Gasteiger partial charge in [-0.2, -0.15) is 5.10 Å². The summed E-state index contributed by atoms with van der Waals surface area (Å²) in [6, 6.07) is 7.48. The lowest BCUT2D eigenvalue weighted by Gasteiger charge is -2.07. The van der Waals surface area contributed by atoms with Gasteiger partial charge in [-0.1, -0.05) is 12.1 Å². The van der Waals surface area contributed by atoms with Gasteiger partial charge in [0.1, 0.15) is 5.75 Å². The zero-order valence-corrected chi connectivity index (χ0v) is 10.3. The first-order valence-electron chi connectivity index (χ1n) is 5.49. The predicted octanol–water partition coefficient (Wildman–Crippen LogP) is 1.72. The van der Waals surface area contributed by atoms with Crippen LogP contribution in [0.15, 0.2) is 30.5 Å². The molecule has 0 saturated heterocycles. The minimum Gasteiger partial charge on any atom is -0.497 e. The Labute approximate surface area is 105 Å². The highest BCUT2D eigenvalue weighted by molar-refractivity contribution is 5.75. The molecule has 0 atom stereocenters. The Morgan fingerprint density at radius 2 is 2.28 bits per heavy atom. The summed E-state index contributed by atoms with van der Waals surface area (Å²) in [5.74, 6) is -0.137. The Kier molecular flexibility index (Phi) is 3.32. The number of nitrogens with zero attached hydrogens (tertiary/aromatic N) is 2. The van der Waals surface area contributed by atoms with Gasteiger partial charge < -0.3 is 9.84 Å². The summed E-state index contributed by atoms with van der Waals surface area (Å²) in [6.07, 6.45) is 1.54. The van der Waals surface area contributed by atoms with Gasteiger partial charge in [0.05, 0.1) is 25.4 Å². The summed E-state index contributed by atoms with van der Waals surface area (Å²) in [5, 5.41) is 13.0. The van der Waals surface area contributed by atoms with E-state index in [9.17, 15) is 4.79 Å². The van der Waals surface area contributed by atoms with Gasteiger partial charge in [0.2, 0.25) is 0 Å². The van der Waals surface area contributed by atoms with E-state index in [1.807, 2.05) is 24.3 Å². The number of ether oxygens (including phenoxy) is 1. The number of rotatable bonds is 4. The molecule has 94 valence electrons. The van der Waals surface area contributed by atoms with E-state index in [-0.39, 0.29) is 6.42 Å². The van der Waals surface area contributed by atoms with Gasteiger partial charge in [-0.15, -0.1) is 0 Å². The van der Waals surface area contributed by atoms with E-state index in [4.69, 9.17) is 9.84 Å². The molecule has 0 aliphatic heterocycles. The van der Waals surface area contributed by atoms with Crippen molar-refractivity contribution in [2.24, 2.45) is 7.05 Å². The van der Waals surface area contributed by atoms with Crippen LogP contribution in [0.1, 0.15) is 5.56 Å². The quantitative estimate of drug-likeness (QED) is 0.892. The van der Waals surface area contributed by atoms with Crippen molar-refractivity contribution in [3.05, 3.63) is 36.0 Å². The molecule has 0 amide bonds. The number of carboxylic acids is 1. The molecular formula is C13H14N2O3. The fourth-order valence-corrected chi connectivity index (χ4v) is 1.92. The molecule has 0 bridgehead atoms. The molecule has 0 radical (unpaired) electrons. The maximum Gasteiger partial charge on any atom is 0.307 e. The maximum atomic E-state index is 10.8. The lowest BCUT2D eigenvalue weighted by Crippen LogP contribution is -2.02. The number of hydrogen-bond donors (Lipinski definition) is 1. The number of benzene rings is 1. The fraction of sp³-hybridized carbons (Fsp3) is 0.231. The van der Waals surface area contributed by atoms with E-state index in [0.29, 0.717) is 5.56 Å². The van der Waals surface area contributed by atoms with E-state index >= 15 is 0 Å². The van der Waals surface area contributed by atoms with Crippen molar-refractivity contribution in [2.45, 2.75) is 6.42 Å². The summed E-state index contributed by atoms with van der Waals surface area (Å²) in [5.41, 5.74) is 2.39. The molecule has 5 nitrogen and oxygen atoms in total. The molecule has 0 aliphatic carbocycles. The third kappa shape index (κ3) is 2.34. The molecule has 5 heteroatoms. The highest BCUT2D eigenvalue weighted by Crippen LogP contribution is 2.26. The van der Waals surface area contributed by atoms with Crippen LogP contribution in [-0.2, 0) is 18.3 Å². The summed E-state index contributed by atoms with van der Waals surface area (Å²) in [4.78, 5) is 10.8. The van der Waals surface area contributed by atoms with E-state index in [2.05, 4.69) is 5.10 Å². The largest absolute Gasteiger partial charge is 0.497 e. The van der Waals surface area contributed by atoms with Gasteiger partial charge in [0.15, 0.2) is 0 Å². The van der Waals surface area contributed by atoms with Crippen LogP contribution in [0.25, 0.3) is 11.3 Å². The van der Waals surface area contributed by atoms with Crippen LogP contribution in [0.3, 0.4) is 0 Å². The topological polar surface area (TPSA) is 64.3 Å². The Bertz CT molecular complexity index is 575. The van der Waals surface area contributed by atoms with E-state index in [1.165, 1.54) is 0 Å². The number of methoxy groups -OCH3 is 1.